The smallest absolute Gasteiger partial charge is 0.306 e. The van der Waals surface area contributed by atoms with Gasteiger partial charge in [0.15, 0.2) is 11.6 Å². The highest BCUT2D eigenvalue weighted by molar-refractivity contribution is 5.71. The lowest BCUT2D eigenvalue weighted by Crippen LogP contribution is -2.46. The first-order valence-electron chi connectivity index (χ1n) is 12.4. The van der Waals surface area contributed by atoms with Crippen LogP contribution in [-0.2, 0) is 22.4 Å². The summed E-state index contributed by atoms with van der Waals surface area (Å²) in [5.74, 6) is -0.553. The van der Waals surface area contributed by atoms with Crippen LogP contribution in [0.2, 0.25) is 0 Å². The maximum atomic E-state index is 14.3. The Kier molecular flexibility index (Phi) is 9.47. The minimum absolute atomic E-state index is 0.0419. The van der Waals surface area contributed by atoms with Crippen LogP contribution < -0.4 is 10.1 Å². The molecule has 2 unspecified atom stereocenters. The predicted molar refractivity (Wildman–Crippen MR) is 136 cm³/mol. The molecule has 0 saturated carbocycles. The van der Waals surface area contributed by atoms with Crippen molar-refractivity contribution in [3.63, 3.8) is 0 Å². The predicted octanol–water partition coefficient (Wildman–Crippen LogP) is 4.96. The number of hydrogen-bond donors (Lipinski definition) is 2. The van der Waals surface area contributed by atoms with Gasteiger partial charge in [0.2, 0.25) is 0 Å². The average molecular weight is 484 g/mol. The van der Waals surface area contributed by atoms with Gasteiger partial charge in [-0.3, -0.25) is 4.79 Å². The summed E-state index contributed by atoms with van der Waals surface area (Å²) in [7, 11) is 0. The van der Waals surface area contributed by atoms with Crippen LogP contribution in [0.3, 0.4) is 0 Å². The van der Waals surface area contributed by atoms with Gasteiger partial charge in [-0.2, -0.15) is 0 Å². The first-order valence-corrected chi connectivity index (χ1v) is 12.4. The average Bonchev–Trinajstić information content (AvgIpc) is 3.22. The highest BCUT2D eigenvalue weighted by Gasteiger charge is 2.28. The van der Waals surface area contributed by atoms with E-state index in [0.29, 0.717) is 24.6 Å². The Morgan fingerprint density at radius 1 is 1.26 bits per heavy atom. The van der Waals surface area contributed by atoms with Crippen molar-refractivity contribution in [2.45, 2.75) is 64.0 Å². The van der Waals surface area contributed by atoms with Crippen LogP contribution >= 0.6 is 0 Å². The molecule has 0 amide bonds. The second-order valence-electron chi connectivity index (χ2n) is 10.0. The maximum Gasteiger partial charge on any atom is 0.306 e. The normalized spacial score (nSPS) is 15.3. The minimum Gasteiger partial charge on any atom is -0.488 e. The Labute approximate surface area is 208 Å². The van der Waals surface area contributed by atoms with Crippen LogP contribution in [0.1, 0.15) is 56.2 Å². The summed E-state index contributed by atoms with van der Waals surface area (Å²) in [4.78, 5) is 11.9. The van der Waals surface area contributed by atoms with Gasteiger partial charge in [-0.25, -0.2) is 4.39 Å². The third-order valence-corrected chi connectivity index (χ3v) is 6.54. The van der Waals surface area contributed by atoms with Crippen molar-refractivity contribution in [2.24, 2.45) is 5.92 Å². The van der Waals surface area contributed by atoms with Gasteiger partial charge in [0.1, 0.15) is 12.7 Å². The van der Waals surface area contributed by atoms with Crippen LogP contribution in [0.15, 0.2) is 55.1 Å². The van der Waals surface area contributed by atoms with Crippen molar-refractivity contribution in [1.82, 2.24) is 5.32 Å². The molecule has 5 nitrogen and oxygen atoms in total. The topological polar surface area (TPSA) is 67.8 Å². The standard InChI is InChI=1S/C29H38FNO4/c1-5-21(16-28(33)34-6-2)24-11-12-26(30)27(15-24)35-19-25(32)18-31-29(3,4)17-20-13-22-9-7-8-10-23(22)14-20/h5,7-12,15,20-21,25,31-32H,1,6,13-14,16-19H2,2-4H3. The largest absolute Gasteiger partial charge is 0.488 e. The number of halogens is 1. The van der Waals surface area contributed by atoms with Gasteiger partial charge in [-0.1, -0.05) is 36.4 Å². The maximum absolute atomic E-state index is 14.3. The van der Waals surface area contributed by atoms with Crippen molar-refractivity contribution < 1.29 is 23.8 Å². The number of aliphatic hydroxyl groups is 1. The van der Waals surface area contributed by atoms with Gasteiger partial charge in [-0.05, 0) is 74.8 Å². The van der Waals surface area contributed by atoms with E-state index >= 15 is 0 Å². The third-order valence-electron chi connectivity index (χ3n) is 6.54. The quantitative estimate of drug-likeness (QED) is 0.311. The van der Waals surface area contributed by atoms with Gasteiger partial charge < -0.3 is 19.9 Å². The monoisotopic (exact) mass is 483 g/mol. The van der Waals surface area contributed by atoms with Crippen molar-refractivity contribution >= 4 is 5.97 Å². The third kappa shape index (κ3) is 7.91. The Hall–Kier alpha value is -2.70. The van der Waals surface area contributed by atoms with E-state index in [4.69, 9.17) is 9.47 Å². The summed E-state index contributed by atoms with van der Waals surface area (Å²) < 4.78 is 25.0. The number of ether oxygens (including phenoxy) is 2. The van der Waals surface area contributed by atoms with Crippen molar-refractivity contribution in [3.8, 4) is 5.75 Å². The number of benzene rings is 2. The van der Waals surface area contributed by atoms with Crippen LogP contribution in [0, 0.1) is 11.7 Å². The van der Waals surface area contributed by atoms with Crippen molar-refractivity contribution in [2.75, 3.05) is 19.8 Å². The van der Waals surface area contributed by atoms with Crippen LogP contribution in [-0.4, -0.2) is 42.5 Å². The molecule has 1 aliphatic rings. The highest BCUT2D eigenvalue weighted by atomic mass is 19.1. The van der Waals surface area contributed by atoms with E-state index in [1.165, 1.54) is 17.2 Å². The Morgan fingerprint density at radius 3 is 2.57 bits per heavy atom. The lowest BCUT2D eigenvalue weighted by Gasteiger charge is -2.30. The number of allylic oxidation sites excluding steroid dienone is 1. The molecule has 6 heteroatoms. The van der Waals surface area contributed by atoms with Crippen molar-refractivity contribution in [3.05, 3.63) is 77.6 Å². The molecule has 190 valence electrons. The Balaban J connectivity index is 1.49. The molecule has 2 N–H and O–H groups in total. The molecule has 0 fully saturated rings. The summed E-state index contributed by atoms with van der Waals surface area (Å²) in [6, 6.07) is 13.1. The molecule has 0 heterocycles. The SMILES string of the molecule is C=CC(CC(=O)OCC)c1ccc(F)c(OCC(O)CNC(C)(C)CC2Cc3ccccc3C2)c1. The first kappa shape index (κ1) is 26.9. The van der Waals surface area contributed by atoms with Crippen molar-refractivity contribution in [1.29, 1.82) is 0 Å². The molecular weight excluding hydrogens is 445 g/mol. The van der Waals surface area contributed by atoms with E-state index in [1.54, 1.807) is 25.1 Å². The lowest BCUT2D eigenvalue weighted by atomic mass is 9.88. The fourth-order valence-corrected chi connectivity index (χ4v) is 4.83. The summed E-state index contributed by atoms with van der Waals surface area (Å²) in [6.45, 7) is 10.4. The molecule has 35 heavy (non-hydrogen) atoms. The number of hydrogen-bond acceptors (Lipinski definition) is 5. The van der Waals surface area contributed by atoms with Gasteiger partial charge >= 0.3 is 5.97 Å². The molecule has 1 aliphatic carbocycles. The molecule has 2 aromatic rings. The van der Waals surface area contributed by atoms with Crippen LogP contribution in [0.4, 0.5) is 4.39 Å². The molecule has 0 spiro atoms. The minimum atomic E-state index is -0.798. The van der Waals surface area contributed by atoms with Crippen LogP contribution in [0.5, 0.6) is 5.75 Å². The summed E-state index contributed by atoms with van der Waals surface area (Å²) in [6.07, 6.45) is 4.13. The number of rotatable bonds is 13. The Morgan fingerprint density at radius 2 is 1.94 bits per heavy atom. The Bertz CT molecular complexity index is 981. The number of carbonyl (C=O) groups excluding carboxylic acids is 1. The number of β-amino-alcohol motifs (C(OH)–C–C–N with tert-alkyl or cyclic N) is 1. The number of esters is 1. The molecular formula is C29H38FNO4. The zero-order valence-electron chi connectivity index (χ0n) is 21.1. The number of fused-ring (bicyclic) bond motifs is 1. The number of carbonyl (C=O) groups is 1. The number of nitrogens with one attached hydrogen (secondary N) is 1. The van der Waals surface area contributed by atoms with Gasteiger partial charge in [0, 0.05) is 18.0 Å². The first-order chi connectivity index (χ1) is 16.7. The fraction of sp³-hybridized carbons (Fsp3) is 0.483. The van der Waals surface area contributed by atoms with Gasteiger partial charge in [-0.15, -0.1) is 6.58 Å². The van der Waals surface area contributed by atoms with Gasteiger partial charge in [0.25, 0.3) is 0 Å². The lowest BCUT2D eigenvalue weighted by molar-refractivity contribution is -0.143. The molecule has 0 saturated heterocycles. The molecule has 0 bridgehead atoms. The molecule has 0 aromatic heterocycles. The van der Waals surface area contributed by atoms with Crippen LogP contribution in [0.25, 0.3) is 0 Å². The molecule has 0 aliphatic heterocycles. The summed E-state index contributed by atoms with van der Waals surface area (Å²) in [5, 5.41) is 13.9. The molecule has 2 atom stereocenters. The van der Waals surface area contributed by atoms with E-state index in [-0.39, 0.29) is 36.2 Å². The zero-order valence-corrected chi connectivity index (χ0v) is 21.1. The molecule has 3 rings (SSSR count). The molecule has 0 radical (unpaired) electrons. The molecule has 2 aromatic carbocycles. The van der Waals surface area contributed by atoms with Gasteiger partial charge in [0.05, 0.1) is 13.0 Å². The fourth-order valence-electron chi connectivity index (χ4n) is 4.83. The summed E-state index contributed by atoms with van der Waals surface area (Å²) >= 11 is 0. The van der Waals surface area contributed by atoms with E-state index in [2.05, 4.69) is 50.0 Å². The second kappa shape index (κ2) is 12.3. The summed E-state index contributed by atoms with van der Waals surface area (Å²) in [5.41, 5.74) is 3.43. The van der Waals surface area contributed by atoms with E-state index in [0.717, 1.165) is 19.3 Å². The zero-order chi connectivity index (χ0) is 25.4. The van der Waals surface area contributed by atoms with E-state index in [1.807, 2.05) is 0 Å². The van der Waals surface area contributed by atoms with E-state index < -0.39 is 11.9 Å². The second-order valence-corrected chi connectivity index (χ2v) is 10.0. The highest BCUT2D eigenvalue weighted by Crippen LogP contribution is 2.32. The van der Waals surface area contributed by atoms with E-state index in [9.17, 15) is 14.3 Å². The number of aliphatic hydroxyl groups excluding tert-OH is 1.